The maximum absolute atomic E-state index is 13.1. The minimum absolute atomic E-state index is 0.199. The zero-order valence-electron chi connectivity index (χ0n) is 14.2. The second-order valence-corrected chi connectivity index (χ2v) is 7.04. The molecule has 130 valence electrons. The van der Waals surface area contributed by atoms with Gasteiger partial charge < -0.3 is 0 Å². The number of fused-ring (bicyclic) bond motifs is 2. The van der Waals surface area contributed by atoms with Crippen LogP contribution in [0.4, 0.5) is 0 Å². The number of hydrogen-bond donors (Lipinski definition) is 1. The van der Waals surface area contributed by atoms with Crippen LogP contribution in [-0.2, 0) is 0 Å². The molecule has 0 fully saturated rings. The van der Waals surface area contributed by atoms with Crippen molar-refractivity contribution in [2.75, 3.05) is 5.43 Å². The molecule has 0 saturated heterocycles. The van der Waals surface area contributed by atoms with Gasteiger partial charge >= 0.3 is 0 Å². The van der Waals surface area contributed by atoms with Gasteiger partial charge in [-0.25, -0.2) is 14.6 Å². The summed E-state index contributed by atoms with van der Waals surface area (Å²) in [6.45, 7) is 0. The summed E-state index contributed by atoms with van der Waals surface area (Å²) in [4.78, 5) is 23.2. The molecule has 6 heteroatoms. The molecule has 3 heterocycles. The van der Waals surface area contributed by atoms with Crippen molar-refractivity contribution in [3.05, 3.63) is 84.0 Å². The molecule has 3 aromatic heterocycles. The molecule has 0 saturated carbocycles. The van der Waals surface area contributed by atoms with Crippen molar-refractivity contribution in [2.24, 2.45) is 0 Å². The number of nitrogens with zero attached hydrogens (tertiary/aromatic N) is 3. The fourth-order valence-corrected chi connectivity index (χ4v) is 3.82. The molecule has 0 spiro atoms. The van der Waals surface area contributed by atoms with Crippen LogP contribution >= 0.6 is 11.3 Å². The Hall–Kier alpha value is -3.51. The molecule has 0 bridgehead atoms. The summed E-state index contributed by atoms with van der Waals surface area (Å²) in [5.41, 5.74) is 6.79. The molecule has 0 aliphatic rings. The zero-order chi connectivity index (χ0) is 18.2. The molecule has 1 amide bonds. The van der Waals surface area contributed by atoms with E-state index < -0.39 is 0 Å². The third kappa shape index (κ3) is 2.76. The molecule has 5 nitrogen and oxygen atoms in total. The smallest absolute Gasteiger partial charge is 0.267 e. The second-order valence-electron chi connectivity index (χ2n) is 6.09. The minimum atomic E-state index is -0.199. The highest BCUT2D eigenvalue weighted by Gasteiger charge is 2.15. The highest BCUT2D eigenvalue weighted by molar-refractivity contribution is 7.13. The van der Waals surface area contributed by atoms with Crippen LogP contribution in [0.3, 0.4) is 0 Å². The van der Waals surface area contributed by atoms with Gasteiger partial charge in [-0.1, -0.05) is 36.4 Å². The number of benzene rings is 2. The Labute approximate surface area is 158 Å². The topological polar surface area (TPSA) is 59.8 Å². The predicted molar refractivity (Wildman–Crippen MR) is 108 cm³/mol. The van der Waals surface area contributed by atoms with Crippen molar-refractivity contribution in [1.29, 1.82) is 0 Å². The molecule has 0 radical (unpaired) electrons. The SMILES string of the molecule is O=C(Nn1cnc2ccccc21)c1cc(-c2cccs2)nc2ccccc12. The van der Waals surface area contributed by atoms with E-state index >= 15 is 0 Å². The molecule has 0 aliphatic carbocycles. The fourth-order valence-electron chi connectivity index (χ4n) is 3.13. The molecule has 2 aromatic carbocycles. The molecule has 5 aromatic rings. The zero-order valence-corrected chi connectivity index (χ0v) is 15.0. The summed E-state index contributed by atoms with van der Waals surface area (Å²) in [6, 6.07) is 21.2. The quantitative estimate of drug-likeness (QED) is 0.501. The van der Waals surface area contributed by atoms with Crippen molar-refractivity contribution < 1.29 is 4.79 Å². The van der Waals surface area contributed by atoms with Gasteiger partial charge in [0.1, 0.15) is 6.33 Å². The number of aromatic nitrogens is 3. The highest BCUT2D eigenvalue weighted by atomic mass is 32.1. The molecule has 1 N–H and O–H groups in total. The molecule has 0 atom stereocenters. The molecule has 27 heavy (non-hydrogen) atoms. The maximum Gasteiger partial charge on any atom is 0.270 e. The first-order valence-corrected chi connectivity index (χ1v) is 9.35. The summed E-state index contributed by atoms with van der Waals surface area (Å²) < 4.78 is 1.65. The van der Waals surface area contributed by atoms with Crippen LogP contribution in [0.1, 0.15) is 10.4 Å². The van der Waals surface area contributed by atoms with Gasteiger partial charge in [-0.15, -0.1) is 11.3 Å². The first kappa shape index (κ1) is 15.7. The number of carbonyl (C=O) groups is 1. The number of nitrogens with one attached hydrogen (secondary N) is 1. The number of imidazole rings is 1. The number of thiophene rings is 1. The van der Waals surface area contributed by atoms with Crippen LogP contribution in [0.25, 0.3) is 32.5 Å². The summed E-state index contributed by atoms with van der Waals surface area (Å²) in [7, 11) is 0. The monoisotopic (exact) mass is 370 g/mol. The van der Waals surface area contributed by atoms with E-state index in [0.29, 0.717) is 5.56 Å². The number of amides is 1. The van der Waals surface area contributed by atoms with Crippen molar-refractivity contribution in [1.82, 2.24) is 14.6 Å². The van der Waals surface area contributed by atoms with E-state index in [0.717, 1.165) is 32.5 Å². The predicted octanol–water partition coefficient (Wildman–Crippen LogP) is 4.70. The van der Waals surface area contributed by atoms with Crippen molar-refractivity contribution in [3.63, 3.8) is 0 Å². The summed E-state index contributed by atoms with van der Waals surface area (Å²) >= 11 is 1.60. The Morgan fingerprint density at radius 2 is 1.78 bits per heavy atom. The molecule has 0 aliphatic heterocycles. The second kappa shape index (κ2) is 6.34. The number of carbonyl (C=O) groups excluding carboxylic acids is 1. The van der Waals surface area contributed by atoms with E-state index in [1.54, 1.807) is 22.3 Å². The van der Waals surface area contributed by atoms with E-state index in [2.05, 4.69) is 10.4 Å². The van der Waals surface area contributed by atoms with E-state index in [1.807, 2.05) is 72.1 Å². The lowest BCUT2D eigenvalue weighted by molar-refractivity contribution is 0.101. The molecular weight excluding hydrogens is 356 g/mol. The number of hydrogen-bond acceptors (Lipinski definition) is 4. The Bertz CT molecular complexity index is 1270. The molecular formula is C21H14N4OS. The van der Waals surface area contributed by atoms with Gasteiger partial charge in [0.05, 0.1) is 32.7 Å². The lowest BCUT2D eigenvalue weighted by Crippen LogP contribution is -2.22. The van der Waals surface area contributed by atoms with E-state index in [9.17, 15) is 4.79 Å². The first-order valence-electron chi connectivity index (χ1n) is 8.47. The Morgan fingerprint density at radius 1 is 0.963 bits per heavy atom. The molecule has 0 unspecified atom stereocenters. The normalized spacial score (nSPS) is 11.1. The third-order valence-corrected chi connectivity index (χ3v) is 5.30. The minimum Gasteiger partial charge on any atom is -0.267 e. The lowest BCUT2D eigenvalue weighted by Gasteiger charge is -2.11. The standard InChI is InChI=1S/C21H14N4OS/c26-21(24-25-13-22-17-8-3-4-9-19(17)25)15-12-18(20-10-5-11-27-20)23-16-7-2-1-6-14(15)16/h1-13H,(H,24,26). The number of rotatable bonds is 3. The van der Waals surface area contributed by atoms with Gasteiger partial charge in [0, 0.05) is 5.39 Å². The van der Waals surface area contributed by atoms with Gasteiger partial charge in [0.2, 0.25) is 0 Å². The van der Waals surface area contributed by atoms with Gasteiger partial charge in [-0.3, -0.25) is 10.2 Å². The maximum atomic E-state index is 13.1. The van der Waals surface area contributed by atoms with Crippen LogP contribution in [0.5, 0.6) is 0 Å². The van der Waals surface area contributed by atoms with Crippen molar-refractivity contribution in [3.8, 4) is 10.6 Å². The van der Waals surface area contributed by atoms with Crippen LogP contribution in [0, 0.1) is 0 Å². The number of para-hydroxylation sites is 3. The Balaban J connectivity index is 1.62. The van der Waals surface area contributed by atoms with Crippen LogP contribution in [0.2, 0.25) is 0 Å². The Morgan fingerprint density at radius 3 is 2.63 bits per heavy atom. The third-order valence-electron chi connectivity index (χ3n) is 4.41. The van der Waals surface area contributed by atoms with Gasteiger partial charge in [0.25, 0.3) is 5.91 Å². The van der Waals surface area contributed by atoms with Crippen molar-refractivity contribution in [2.45, 2.75) is 0 Å². The highest BCUT2D eigenvalue weighted by Crippen LogP contribution is 2.28. The van der Waals surface area contributed by atoms with E-state index in [4.69, 9.17) is 4.98 Å². The van der Waals surface area contributed by atoms with E-state index in [1.165, 1.54) is 0 Å². The Kier molecular flexibility index (Phi) is 3.69. The van der Waals surface area contributed by atoms with Gasteiger partial charge in [0.15, 0.2) is 0 Å². The number of pyridine rings is 1. The van der Waals surface area contributed by atoms with Crippen LogP contribution < -0.4 is 5.43 Å². The lowest BCUT2D eigenvalue weighted by atomic mass is 10.1. The first-order chi connectivity index (χ1) is 13.3. The van der Waals surface area contributed by atoms with Crippen LogP contribution in [-0.4, -0.2) is 20.6 Å². The average Bonchev–Trinajstić information content (AvgIpc) is 3.38. The van der Waals surface area contributed by atoms with Crippen molar-refractivity contribution >= 4 is 39.2 Å². The molecule has 5 rings (SSSR count). The van der Waals surface area contributed by atoms with E-state index in [-0.39, 0.29) is 5.91 Å². The van der Waals surface area contributed by atoms with Crippen LogP contribution in [0.15, 0.2) is 78.4 Å². The summed E-state index contributed by atoms with van der Waals surface area (Å²) in [5.74, 6) is -0.199. The van der Waals surface area contributed by atoms with Gasteiger partial charge in [-0.05, 0) is 35.7 Å². The summed E-state index contributed by atoms with van der Waals surface area (Å²) in [5, 5.41) is 2.82. The average molecular weight is 370 g/mol. The summed E-state index contributed by atoms with van der Waals surface area (Å²) in [6.07, 6.45) is 1.62. The largest absolute Gasteiger partial charge is 0.270 e. The van der Waals surface area contributed by atoms with Gasteiger partial charge in [-0.2, -0.15) is 0 Å². The fraction of sp³-hybridized carbons (Fsp3) is 0.